The van der Waals surface area contributed by atoms with Crippen molar-refractivity contribution in [2.45, 2.75) is 25.9 Å². The van der Waals surface area contributed by atoms with Gasteiger partial charge in [0.1, 0.15) is 0 Å². The lowest BCUT2D eigenvalue weighted by Gasteiger charge is -2.14. The lowest BCUT2D eigenvalue weighted by molar-refractivity contribution is -0.123. The summed E-state index contributed by atoms with van der Waals surface area (Å²) in [4.78, 5) is 11.6. The summed E-state index contributed by atoms with van der Waals surface area (Å²) in [5.41, 5.74) is 6.61. The van der Waals surface area contributed by atoms with E-state index in [2.05, 4.69) is 10.4 Å². The molecule has 0 bridgehead atoms. The summed E-state index contributed by atoms with van der Waals surface area (Å²) < 4.78 is 7.13. The smallest absolute Gasteiger partial charge is 0.222 e. The van der Waals surface area contributed by atoms with Crippen LogP contribution in [0.3, 0.4) is 0 Å². The highest BCUT2D eigenvalue weighted by Gasteiger charge is 2.11. The predicted octanol–water partition coefficient (Wildman–Crippen LogP) is -0.167. The molecular formula is C12H22N4O2. The number of nitrogens with one attached hydrogen (secondary N) is 1. The maximum atomic E-state index is 11.6. The minimum absolute atomic E-state index is 0.0268. The number of ether oxygens (including phenoxy) is 1. The van der Waals surface area contributed by atoms with E-state index in [-0.39, 0.29) is 12.0 Å². The SMILES string of the molecule is CCOC(CN)CC(=O)NCCc1ccnn1C. The van der Waals surface area contributed by atoms with Crippen LogP contribution in [-0.4, -0.2) is 41.5 Å². The molecule has 6 heteroatoms. The number of carbonyl (C=O) groups excluding carboxylic acids is 1. The van der Waals surface area contributed by atoms with Gasteiger partial charge < -0.3 is 15.8 Å². The van der Waals surface area contributed by atoms with Crippen molar-refractivity contribution in [3.05, 3.63) is 18.0 Å². The summed E-state index contributed by atoms with van der Waals surface area (Å²) in [5, 5.41) is 6.92. The number of aromatic nitrogens is 2. The lowest BCUT2D eigenvalue weighted by Crippen LogP contribution is -2.33. The number of hydrogen-bond donors (Lipinski definition) is 2. The first-order valence-corrected chi connectivity index (χ1v) is 6.22. The van der Waals surface area contributed by atoms with E-state index in [0.29, 0.717) is 26.1 Å². The topological polar surface area (TPSA) is 82.2 Å². The zero-order valence-electron chi connectivity index (χ0n) is 11.1. The molecule has 1 amide bonds. The van der Waals surface area contributed by atoms with Gasteiger partial charge in [0, 0.05) is 45.1 Å². The van der Waals surface area contributed by atoms with E-state index in [0.717, 1.165) is 12.1 Å². The first-order valence-electron chi connectivity index (χ1n) is 6.22. The zero-order chi connectivity index (χ0) is 13.4. The van der Waals surface area contributed by atoms with E-state index in [4.69, 9.17) is 10.5 Å². The Labute approximate surface area is 107 Å². The molecule has 1 atom stereocenters. The van der Waals surface area contributed by atoms with Crippen molar-refractivity contribution in [1.82, 2.24) is 15.1 Å². The van der Waals surface area contributed by atoms with Crippen LogP contribution in [0.2, 0.25) is 0 Å². The van der Waals surface area contributed by atoms with Gasteiger partial charge in [-0.05, 0) is 13.0 Å². The highest BCUT2D eigenvalue weighted by atomic mass is 16.5. The molecular weight excluding hydrogens is 232 g/mol. The summed E-state index contributed by atoms with van der Waals surface area (Å²) in [7, 11) is 1.89. The molecule has 0 aliphatic heterocycles. The van der Waals surface area contributed by atoms with Gasteiger partial charge in [-0.1, -0.05) is 0 Å². The minimum atomic E-state index is -0.188. The molecule has 0 saturated carbocycles. The highest BCUT2D eigenvalue weighted by Crippen LogP contribution is 1.98. The van der Waals surface area contributed by atoms with E-state index in [9.17, 15) is 4.79 Å². The van der Waals surface area contributed by atoms with Gasteiger partial charge >= 0.3 is 0 Å². The maximum Gasteiger partial charge on any atom is 0.222 e. The highest BCUT2D eigenvalue weighted by molar-refractivity contribution is 5.76. The summed E-state index contributed by atoms with van der Waals surface area (Å²) in [5.74, 6) is -0.0268. The van der Waals surface area contributed by atoms with Gasteiger partial charge in [-0.15, -0.1) is 0 Å². The summed E-state index contributed by atoms with van der Waals surface area (Å²) >= 11 is 0. The van der Waals surface area contributed by atoms with Crippen molar-refractivity contribution >= 4 is 5.91 Å². The van der Waals surface area contributed by atoms with Crippen molar-refractivity contribution in [3.63, 3.8) is 0 Å². The number of rotatable bonds is 8. The Morgan fingerprint density at radius 3 is 3.00 bits per heavy atom. The third-order valence-electron chi connectivity index (χ3n) is 2.70. The average molecular weight is 254 g/mol. The number of nitrogens with two attached hydrogens (primary N) is 1. The maximum absolute atomic E-state index is 11.6. The molecule has 0 aromatic carbocycles. The second-order valence-corrected chi connectivity index (χ2v) is 4.06. The fourth-order valence-corrected chi connectivity index (χ4v) is 1.70. The van der Waals surface area contributed by atoms with Crippen LogP contribution in [0.25, 0.3) is 0 Å². The third-order valence-corrected chi connectivity index (χ3v) is 2.70. The fourth-order valence-electron chi connectivity index (χ4n) is 1.70. The van der Waals surface area contributed by atoms with E-state index in [1.165, 1.54) is 0 Å². The second-order valence-electron chi connectivity index (χ2n) is 4.06. The summed E-state index contributed by atoms with van der Waals surface area (Å²) in [6.45, 7) is 3.43. The number of aryl methyl sites for hydroxylation is 1. The van der Waals surface area contributed by atoms with Gasteiger partial charge in [-0.25, -0.2) is 0 Å². The normalized spacial score (nSPS) is 12.4. The van der Waals surface area contributed by atoms with E-state index >= 15 is 0 Å². The van der Waals surface area contributed by atoms with E-state index in [1.54, 1.807) is 10.9 Å². The minimum Gasteiger partial charge on any atom is -0.377 e. The number of carbonyl (C=O) groups is 1. The van der Waals surface area contributed by atoms with Gasteiger partial charge in [0.15, 0.2) is 0 Å². The first-order chi connectivity index (χ1) is 8.67. The molecule has 0 aliphatic carbocycles. The molecule has 0 fully saturated rings. The number of nitrogens with zero attached hydrogens (tertiary/aromatic N) is 2. The second kappa shape index (κ2) is 7.84. The van der Waals surface area contributed by atoms with Gasteiger partial charge in [0.05, 0.1) is 12.5 Å². The quantitative estimate of drug-likeness (QED) is 0.675. The fraction of sp³-hybridized carbons (Fsp3) is 0.667. The average Bonchev–Trinajstić information content (AvgIpc) is 2.74. The standard InChI is InChI=1S/C12H22N4O2/c1-3-18-11(9-13)8-12(17)14-6-4-10-5-7-15-16(10)2/h5,7,11H,3-4,6,8-9,13H2,1-2H3,(H,14,17). The molecule has 1 unspecified atom stereocenters. The van der Waals surface area contributed by atoms with Crippen LogP contribution in [0, 0.1) is 0 Å². The van der Waals surface area contributed by atoms with Crippen molar-refractivity contribution in [1.29, 1.82) is 0 Å². The van der Waals surface area contributed by atoms with Gasteiger partial charge in [0.2, 0.25) is 5.91 Å². The molecule has 1 rings (SSSR count). The molecule has 102 valence electrons. The van der Waals surface area contributed by atoms with Crippen molar-refractivity contribution < 1.29 is 9.53 Å². The number of hydrogen-bond acceptors (Lipinski definition) is 4. The van der Waals surface area contributed by atoms with Gasteiger partial charge in [0.25, 0.3) is 0 Å². The molecule has 1 heterocycles. The van der Waals surface area contributed by atoms with Crippen LogP contribution in [-0.2, 0) is 23.0 Å². The molecule has 18 heavy (non-hydrogen) atoms. The van der Waals surface area contributed by atoms with E-state index < -0.39 is 0 Å². The van der Waals surface area contributed by atoms with Crippen LogP contribution >= 0.6 is 0 Å². The largest absolute Gasteiger partial charge is 0.377 e. The van der Waals surface area contributed by atoms with Crippen molar-refractivity contribution in [2.75, 3.05) is 19.7 Å². The van der Waals surface area contributed by atoms with Crippen LogP contribution < -0.4 is 11.1 Å². The van der Waals surface area contributed by atoms with Crippen LogP contribution in [0.5, 0.6) is 0 Å². The van der Waals surface area contributed by atoms with E-state index in [1.807, 2.05) is 20.0 Å². The Kier molecular flexibility index (Phi) is 6.38. The molecule has 0 spiro atoms. The molecule has 1 aromatic rings. The van der Waals surface area contributed by atoms with Crippen LogP contribution in [0.4, 0.5) is 0 Å². The Balaban J connectivity index is 2.22. The van der Waals surface area contributed by atoms with Crippen molar-refractivity contribution in [2.24, 2.45) is 12.8 Å². The van der Waals surface area contributed by atoms with Crippen molar-refractivity contribution in [3.8, 4) is 0 Å². The Morgan fingerprint density at radius 1 is 1.67 bits per heavy atom. The van der Waals surface area contributed by atoms with Crippen LogP contribution in [0.1, 0.15) is 19.0 Å². The summed E-state index contributed by atoms with van der Waals surface area (Å²) in [6, 6.07) is 1.94. The Hall–Kier alpha value is -1.40. The van der Waals surface area contributed by atoms with Gasteiger partial charge in [-0.3, -0.25) is 9.48 Å². The first kappa shape index (κ1) is 14.7. The summed E-state index contributed by atoms with van der Waals surface area (Å²) in [6.07, 6.45) is 2.64. The monoisotopic (exact) mass is 254 g/mol. The van der Waals surface area contributed by atoms with Crippen LogP contribution in [0.15, 0.2) is 12.3 Å². The predicted molar refractivity (Wildman–Crippen MR) is 69.0 cm³/mol. The molecule has 3 N–H and O–H groups in total. The van der Waals surface area contributed by atoms with Gasteiger partial charge in [-0.2, -0.15) is 5.10 Å². The lowest BCUT2D eigenvalue weighted by atomic mass is 10.2. The third kappa shape index (κ3) is 4.85. The molecule has 0 aliphatic rings. The Bertz CT molecular complexity index is 365. The molecule has 6 nitrogen and oxygen atoms in total. The zero-order valence-corrected chi connectivity index (χ0v) is 11.1. The Morgan fingerprint density at radius 2 is 2.44 bits per heavy atom. The molecule has 0 saturated heterocycles. The molecule has 0 radical (unpaired) electrons. The molecule has 1 aromatic heterocycles. The number of amides is 1.